The lowest BCUT2D eigenvalue weighted by Crippen LogP contribution is -2.46. The molecule has 1 heterocycles. The van der Waals surface area contributed by atoms with Crippen molar-refractivity contribution in [2.45, 2.75) is 64.6 Å². The summed E-state index contributed by atoms with van der Waals surface area (Å²) in [4.78, 5) is 0. The summed E-state index contributed by atoms with van der Waals surface area (Å²) >= 11 is 3.68. The minimum Gasteiger partial charge on any atom is -0.399 e. The Morgan fingerprint density at radius 1 is 0.962 bits per heavy atom. The first-order chi connectivity index (χ1) is 12.0. The smallest absolute Gasteiger partial charge is 0.399 e. The van der Waals surface area contributed by atoms with Crippen LogP contribution in [-0.2, 0) is 21.1 Å². The van der Waals surface area contributed by atoms with Crippen LogP contribution in [-0.4, -0.2) is 18.3 Å². The minimum atomic E-state index is -0.413. The van der Waals surface area contributed by atoms with Crippen LogP contribution in [0.5, 0.6) is 0 Å². The molecule has 0 N–H and O–H groups in total. The van der Waals surface area contributed by atoms with E-state index in [0.29, 0.717) is 0 Å². The van der Waals surface area contributed by atoms with E-state index in [1.165, 1.54) is 11.1 Å². The molecule has 0 radical (unpaired) electrons. The fourth-order valence-corrected chi connectivity index (χ4v) is 3.91. The van der Waals surface area contributed by atoms with Crippen LogP contribution in [0.2, 0.25) is 0 Å². The van der Waals surface area contributed by atoms with Crippen LogP contribution in [0.4, 0.5) is 0 Å². The zero-order valence-electron chi connectivity index (χ0n) is 16.6. The van der Waals surface area contributed by atoms with Crippen molar-refractivity contribution in [1.82, 2.24) is 0 Å². The fraction of sp³-hybridized carbons (Fsp3) is 0.455. The van der Waals surface area contributed by atoms with Crippen molar-refractivity contribution in [1.29, 1.82) is 0 Å². The molecular weight excluding hydrogens is 387 g/mol. The van der Waals surface area contributed by atoms with Gasteiger partial charge in [0.2, 0.25) is 0 Å². The molecule has 2 aromatic rings. The Kier molecular flexibility index (Phi) is 5.15. The highest BCUT2D eigenvalue weighted by Gasteiger charge is 2.54. The van der Waals surface area contributed by atoms with Crippen molar-refractivity contribution in [3.8, 4) is 0 Å². The normalized spacial score (nSPS) is 22.7. The van der Waals surface area contributed by atoms with E-state index in [1.54, 1.807) is 0 Å². The van der Waals surface area contributed by atoms with Gasteiger partial charge in [-0.05, 0) is 54.9 Å². The zero-order chi connectivity index (χ0) is 19.2. The van der Waals surface area contributed by atoms with Crippen molar-refractivity contribution in [3.05, 3.63) is 64.1 Å². The highest BCUT2D eigenvalue weighted by atomic mass is 79.9. The summed E-state index contributed by atoms with van der Waals surface area (Å²) in [5.74, 6) is 0. The maximum absolute atomic E-state index is 6.48. The van der Waals surface area contributed by atoms with Gasteiger partial charge in [0.05, 0.1) is 11.2 Å². The summed E-state index contributed by atoms with van der Waals surface area (Å²) in [5.41, 5.74) is 2.95. The lowest BCUT2D eigenvalue weighted by molar-refractivity contribution is -0.00879. The van der Waals surface area contributed by atoms with Crippen molar-refractivity contribution < 1.29 is 9.31 Å². The van der Waals surface area contributed by atoms with Crippen LogP contribution in [0.1, 0.15) is 52.7 Å². The Bertz CT molecular complexity index is 782. The molecule has 1 saturated heterocycles. The summed E-state index contributed by atoms with van der Waals surface area (Å²) in [5, 5.41) is 0. The van der Waals surface area contributed by atoms with Gasteiger partial charge in [-0.1, -0.05) is 73.1 Å². The Morgan fingerprint density at radius 2 is 1.62 bits per heavy atom. The van der Waals surface area contributed by atoms with Gasteiger partial charge in [0.25, 0.3) is 0 Å². The van der Waals surface area contributed by atoms with Gasteiger partial charge in [0, 0.05) is 10.9 Å². The molecule has 0 amide bonds. The first kappa shape index (κ1) is 19.7. The summed E-state index contributed by atoms with van der Waals surface area (Å²) in [6, 6.07) is 16.9. The molecule has 3 rings (SSSR count). The van der Waals surface area contributed by atoms with E-state index >= 15 is 0 Å². The molecule has 2 nitrogen and oxygen atoms in total. The average Bonchev–Trinajstić information content (AvgIpc) is 2.76. The SMILES string of the molecule is CC(C)(C)c1cc(Br)cc(CC2(C)OB(c3ccccc3)OC2(C)C)c1. The maximum Gasteiger partial charge on any atom is 0.494 e. The maximum atomic E-state index is 6.48. The summed E-state index contributed by atoms with van der Waals surface area (Å²) in [6.45, 7) is 13.1. The lowest BCUT2D eigenvalue weighted by atomic mass is 9.79. The standard InChI is InChI=1S/C22H28BBrO2/c1-20(2,3)17-12-16(13-19(24)14-17)15-22(6)21(4,5)25-23(26-22)18-10-8-7-9-11-18/h7-14H,15H2,1-6H3. The van der Waals surface area contributed by atoms with Gasteiger partial charge >= 0.3 is 7.12 Å². The quantitative estimate of drug-likeness (QED) is 0.637. The molecule has 1 fully saturated rings. The highest BCUT2D eigenvalue weighted by Crippen LogP contribution is 2.40. The Labute approximate surface area is 166 Å². The van der Waals surface area contributed by atoms with E-state index in [0.717, 1.165) is 16.4 Å². The van der Waals surface area contributed by atoms with E-state index in [4.69, 9.17) is 9.31 Å². The molecule has 1 atom stereocenters. The van der Waals surface area contributed by atoms with E-state index in [2.05, 4.69) is 87.8 Å². The monoisotopic (exact) mass is 414 g/mol. The molecule has 1 aliphatic heterocycles. The second kappa shape index (κ2) is 6.81. The van der Waals surface area contributed by atoms with Crippen molar-refractivity contribution in [2.24, 2.45) is 0 Å². The molecule has 0 saturated carbocycles. The predicted molar refractivity (Wildman–Crippen MR) is 113 cm³/mol. The number of benzene rings is 2. The van der Waals surface area contributed by atoms with Crippen molar-refractivity contribution in [3.63, 3.8) is 0 Å². The van der Waals surface area contributed by atoms with Crippen molar-refractivity contribution >= 4 is 28.5 Å². The molecular formula is C22H28BBrO2. The summed E-state index contributed by atoms with van der Waals surface area (Å²) in [6.07, 6.45) is 0.797. The second-order valence-electron chi connectivity index (χ2n) is 8.99. The van der Waals surface area contributed by atoms with Crippen LogP contribution in [0.15, 0.2) is 53.0 Å². The molecule has 1 aliphatic rings. The topological polar surface area (TPSA) is 18.5 Å². The molecule has 138 valence electrons. The average molecular weight is 415 g/mol. The van der Waals surface area contributed by atoms with E-state index in [-0.39, 0.29) is 12.5 Å². The van der Waals surface area contributed by atoms with E-state index in [9.17, 15) is 0 Å². The van der Waals surface area contributed by atoms with E-state index < -0.39 is 11.2 Å². The minimum absolute atomic E-state index is 0.106. The Morgan fingerprint density at radius 3 is 2.23 bits per heavy atom. The number of halogens is 1. The molecule has 0 aromatic heterocycles. The van der Waals surface area contributed by atoms with Crippen molar-refractivity contribution in [2.75, 3.05) is 0 Å². The van der Waals surface area contributed by atoms with Crippen LogP contribution in [0.3, 0.4) is 0 Å². The Balaban J connectivity index is 1.90. The van der Waals surface area contributed by atoms with Gasteiger partial charge in [0.1, 0.15) is 0 Å². The van der Waals surface area contributed by atoms with Gasteiger partial charge in [-0.15, -0.1) is 0 Å². The van der Waals surface area contributed by atoms with Crippen LogP contribution < -0.4 is 5.46 Å². The summed E-state index contributed by atoms with van der Waals surface area (Å²) < 4.78 is 13.9. The molecule has 26 heavy (non-hydrogen) atoms. The van der Waals surface area contributed by atoms with Gasteiger partial charge < -0.3 is 9.31 Å². The number of hydrogen-bond donors (Lipinski definition) is 0. The highest BCUT2D eigenvalue weighted by molar-refractivity contribution is 9.10. The first-order valence-electron chi connectivity index (χ1n) is 9.21. The van der Waals surface area contributed by atoms with Crippen LogP contribution in [0, 0.1) is 0 Å². The first-order valence-corrected chi connectivity index (χ1v) is 10.0. The van der Waals surface area contributed by atoms with Crippen LogP contribution in [0.25, 0.3) is 0 Å². The molecule has 0 aliphatic carbocycles. The number of rotatable bonds is 3. The Hall–Kier alpha value is -1.10. The third-order valence-corrected chi connectivity index (χ3v) is 5.94. The van der Waals surface area contributed by atoms with Gasteiger partial charge in [-0.25, -0.2) is 0 Å². The molecule has 0 spiro atoms. The molecule has 2 aromatic carbocycles. The molecule has 1 unspecified atom stereocenters. The molecule has 4 heteroatoms. The fourth-order valence-electron chi connectivity index (χ4n) is 3.37. The largest absolute Gasteiger partial charge is 0.494 e. The third kappa shape index (κ3) is 3.93. The van der Waals surface area contributed by atoms with Crippen LogP contribution >= 0.6 is 15.9 Å². The van der Waals surface area contributed by atoms with Gasteiger partial charge in [-0.2, -0.15) is 0 Å². The number of hydrogen-bond acceptors (Lipinski definition) is 2. The third-order valence-electron chi connectivity index (χ3n) is 5.48. The lowest BCUT2D eigenvalue weighted by Gasteiger charge is -2.37. The molecule has 0 bridgehead atoms. The second-order valence-corrected chi connectivity index (χ2v) is 9.91. The zero-order valence-corrected chi connectivity index (χ0v) is 18.2. The predicted octanol–water partition coefficient (Wildman–Crippen LogP) is 5.27. The van der Waals surface area contributed by atoms with E-state index in [1.807, 2.05) is 18.2 Å². The van der Waals surface area contributed by atoms with Gasteiger partial charge in [0.15, 0.2) is 0 Å². The summed E-state index contributed by atoms with van der Waals surface area (Å²) in [7, 11) is -0.328. The van der Waals surface area contributed by atoms with Gasteiger partial charge in [-0.3, -0.25) is 0 Å².